The van der Waals surface area contributed by atoms with E-state index in [1.54, 1.807) is 25.7 Å². The van der Waals surface area contributed by atoms with E-state index >= 15 is 0 Å². The second-order valence-corrected chi connectivity index (χ2v) is 31.9. The molecule has 112 heavy (non-hydrogen) atoms. The number of carbonyl (C=O) groups excluding carboxylic acids is 12. The molecule has 3 rings (SSSR count). The highest BCUT2D eigenvalue weighted by Crippen LogP contribution is 2.36. The molecule has 1 fully saturated rings. The topological polar surface area (TPSA) is 640 Å². The highest BCUT2D eigenvalue weighted by atomic mass is 32.2. The van der Waals surface area contributed by atoms with E-state index in [0.29, 0.717) is 56.5 Å². The summed E-state index contributed by atoms with van der Waals surface area (Å²) in [5, 5.41) is 37.1. The second kappa shape index (κ2) is 51.3. The van der Waals surface area contributed by atoms with Crippen molar-refractivity contribution in [2.24, 2.45) is 85.6 Å². The lowest BCUT2D eigenvalue weighted by Crippen LogP contribution is -2.52. The molecule has 37 nitrogen and oxygen atoms in total. The SMILES string of the molecule is CC[C@H](C)[C@H](NC(=O)[C@H](N)CCCN=C(N)N)C(=O)C[C@@H](Cc1cnc[nH]1)C(=O)N[C@@H](CCS(C)=O)C(=O)C[C@H](C(=O)N[C@@H](Cc1ccc(O)cc1)C(=O)C[C@@H](CO)C(=O)NC(CCCCN)C(=O)C[C@@H](CCCN=C(N)N)C(=O)N[C@@H](COP(=O)(O)O)C(=O)CCC(=O)N[C@@H](CCCCN)C(=O)N1CCC[C@H]1C)C(C)C. The number of likely N-dealkylation sites (tertiary alicyclic amines) is 1. The third-order valence-corrected chi connectivity index (χ3v) is 21.0. The molecule has 2 aromatic rings. The van der Waals surface area contributed by atoms with Gasteiger partial charge in [0.15, 0.2) is 40.8 Å². The van der Waals surface area contributed by atoms with Crippen LogP contribution in [0.2, 0.25) is 0 Å². The summed E-state index contributed by atoms with van der Waals surface area (Å²) in [7, 11) is -6.81. The number of nitrogens with two attached hydrogens (primary N) is 7. The molecule has 7 amide bonds. The van der Waals surface area contributed by atoms with Crippen LogP contribution < -0.4 is 72.0 Å². The first-order valence-corrected chi connectivity index (χ1v) is 41.6. The molecule has 1 aliphatic rings. The van der Waals surface area contributed by atoms with Crippen LogP contribution in [-0.4, -0.2) is 228 Å². The van der Waals surface area contributed by atoms with Crippen molar-refractivity contribution in [2.75, 3.05) is 57.9 Å². The molecule has 1 aliphatic heterocycles. The van der Waals surface area contributed by atoms with Crippen LogP contribution >= 0.6 is 7.82 Å². The van der Waals surface area contributed by atoms with Gasteiger partial charge in [0.1, 0.15) is 17.8 Å². The number of benzene rings is 1. The fourth-order valence-corrected chi connectivity index (χ4v) is 13.7. The molecular formula is C73H123N18O19PS. The van der Waals surface area contributed by atoms with Crippen molar-refractivity contribution in [2.45, 2.75) is 224 Å². The molecule has 0 aliphatic carbocycles. The van der Waals surface area contributed by atoms with Crippen LogP contribution in [0.1, 0.15) is 174 Å². The number of aliphatic imine (C=N–C) groups is 2. The van der Waals surface area contributed by atoms with Gasteiger partial charge in [0.2, 0.25) is 41.4 Å². The van der Waals surface area contributed by atoms with E-state index in [1.165, 1.54) is 43.0 Å². The molecule has 0 bridgehead atoms. The average Bonchev–Trinajstić information content (AvgIpc) is 1.54. The van der Waals surface area contributed by atoms with Crippen molar-refractivity contribution in [1.82, 2.24) is 46.8 Å². The molecule has 2 unspecified atom stereocenters. The molecule has 630 valence electrons. The van der Waals surface area contributed by atoms with Gasteiger partial charge in [0.25, 0.3) is 0 Å². The summed E-state index contributed by atoms with van der Waals surface area (Å²) < 4.78 is 29.4. The summed E-state index contributed by atoms with van der Waals surface area (Å²) in [5.41, 5.74) is 40.6. The van der Waals surface area contributed by atoms with Crippen LogP contribution in [0.4, 0.5) is 0 Å². The molecule has 0 saturated carbocycles. The van der Waals surface area contributed by atoms with Gasteiger partial charge in [0.05, 0.1) is 61.6 Å². The van der Waals surface area contributed by atoms with Gasteiger partial charge in [-0.25, -0.2) is 9.55 Å². The highest BCUT2D eigenvalue weighted by Gasteiger charge is 2.39. The number of hydrogen-bond donors (Lipinski definition) is 18. The number of unbranched alkanes of at least 4 members (excludes halogenated alkanes) is 2. The quantitative estimate of drug-likeness (QED) is 0.0159. The summed E-state index contributed by atoms with van der Waals surface area (Å²) in [6.07, 6.45) is 4.42. The summed E-state index contributed by atoms with van der Waals surface area (Å²) in [6, 6.07) is -3.62. The smallest absolute Gasteiger partial charge is 0.469 e. The predicted octanol–water partition coefficient (Wildman–Crippen LogP) is -1.26. The Balaban J connectivity index is 1.95. The van der Waals surface area contributed by atoms with Gasteiger partial charge < -0.3 is 102 Å². The number of nitrogens with one attached hydrogen (secondary N) is 7. The number of phenols is 1. The fourth-order valence-electron chi connectivity index (χ4n) is 12.8. The molecule has 39 heteroatoms. The maximum absolute atomic E-state index is 14.8. The lowest BCUT2D eigenvalue weighted by molar-refractivity contribution is -0.137. The van der Waals surface area contributed by atoms with E-state index in [-0.39, 0.29) is 113 Å². The zero-order valence-electron chi connectivity index (χ0n) is 65.4. The number of imidazole rings is 1. The maximum Gasteiger partial charge on any atom is 0.469 e. The Morgan fingerprint density at radius 1 is 0.652 bits per heavy atom. The van der Waals surface area contributed by atoms with E-state index in [9.17, 15) is 86.3 Å². The second-order valence-electron chi connectivity index (χ2n) is 29.1. The number of aliphatic hydroxyl groups excluding tert-OH is 1. The number of H-pyrrole nitrogens is 1. The Labute approximate surface area is 657 Å². The number of hydrogen-bond acceptors (Lipinski definition) is 23. The first-order chi connectivity index (χ1) is 52.9. The maximum atomic E-state index is 14.8. The minimum atomic E-state index is -5.31. The number of Topliss-reactive ketones (excluding diaryl/α,β-unsaturated/α-hetero) is 5. The van der Waals surface area contributed by atoms with Gasteiger partial charge in [0, 0.05) is 117 Å². The number of guanidine groups is 2. The third-order valence-electron chi connectivity index (χ3n) is 19.7. The molecule has 0 spiro atoms. The third kappa shape index (κ3) is 37.0. The Bertz CT molecular complexity index is 3510. The summed E-state index contributed by atoms with van der Waals surface area (Å²) >= 11 is 0. The molecule has 2 heterocycles. The predicted molar refractivity (Wildman–Crippen MR) is 419 cm³/mol. The zero-order chi connectivity index (χ0) is 83.8. The summed E-state index contributed by atoms with van der Waals surface area (Å²) in [5.74, 6) is -16.0. The normalized spacial score (nSPS) is 16.4. The first kappa shape index (κ1) is 97.7. The van der Waals surface area contributed by atoms with E-state index in [4.69, 9.17) is 40.1 Å². The van der Waals surface area contributed by atoms with Crippen LogP contribution in [0, 0.1) is 35.5 Å². The Kier molecular flexibility index (Phi) is 44.7. The van der Waals surface area contributed by atoms with Gasteiger partial charge in [-0.3, -0.25) is 76.3 Å². The molecule has 25 N–H and O–H groups in total. The van der Waals surface area contributed by atoms with Crippen molar-refractivity contribution in [3.05, 3.63) is 48.0 Å². The summed E-state index contributed by atoms with van der Waals surface area (Å²) in [4.78, 5) is 207. The number of rotatable bonds is 58. The van der Waals surface area contributed by atoms with Crippen molar-refractivity contribution < 1.29 is 90.8 Å². The van der Waals surface area contributed by atoms with E-state index in [2.05, 4.69) is 56.4 Å². The summed E-state index contributed by atoms with van der Waals surface area (Å²) in [6.45, 7) is 7.82. The lowest BCUT2D eigenvalue weighted by atomic mass is 9.86. The number of aliphatic hydroxyl groups is 1. The minimum absolute atomic E-state index is 0.0465. The van der Waals surface area contributed by atoms with Crippen molar-refractivity contribution >= 4 is 101 Å². The Morgan fingerprint density at radius 2 is 1.20 bits per heavy atom. The van der Waals surface area contributed by atoms with Gasteiger partial charge >= 0.3 is 7.82 Å². The zero-order valence-corrected chi connectivity index (χ0v) is 67.1. The lowest BCUT2D eigenvalue weighted by Gasteiger charge is -2.28. The number of aromatic hydroxyl groups is 1. The largest absolute Gasteiger partial charge is 0.508 e. The monoisotopic (exact) mass is 1620 g/mol. The highest BCUT2D eigenvalue weighted by molar-refractivity contribution is 7.84. The van der Waals surface area contributed by atoms with Crippen LogP contribution in [-0.2, 0) is 90.3 Å². The molecular weight excluding hydrogens is 1500 g/mol. The number of amides is 7. The standard InChI is InChI=1S/C73H123N18O19PS/c1-7-44(4)65(90-70(104)53(76)17-13-30-83-73(79)80)63(98)36-48(34-50-39-81-42-84-50)67(101)87-55(26-32-112(6)109)62(97)38-52(43(2)3)69(103)88-57(33-46-20-22-51(93)23-21-46)61(96)37-49(40-92)68(102)86-54(18-8-10-27-74)60(95)35-47(16-12-29-82-72(77)78)66(100)89-58(41-110-111(106,107)108)59(94)24-25-64(99)85-56(19-9-11-28-75)71(105)91-31-14-15-45(91)5/h20-23,39,42-45,47-49,52-58,65,92-93H,7-19,24-38,40-41,74-76H2,1-6H3,(H,81,84)(H,85,99)(H,86,102)(H,87,101)(H,88,103)(H,89,100)(H,90,104)(H4,77,78,82)(H4,79,80,83)(H2,106,107,108)/t44-,45+,47+,48+,49-,52-,53+,54?,55-,56-,57-,58-,65-,112?/m0/s1. The molecule has 1 aromatic heterocycles. The fraction of sp³-hybridized carbons (Fsp3) is 0.685. The van der Waals surface area contributed by atoms with Crippen molar-refractivity contribution in [1.29, 1.82) is 0 Å². The number of nitrogens with zero attached hydrogens (tertiary/aromatic N) is 4. The van der Waals surface area contributed by atoms with Gasteiger partial charge in [-0.05, 0) is 139 Å². The number of ketones is 5. The van der Waals surface area contributed by atoms with Gasteiger partial charge in [-0.1, -0.05) is 46.2 Å². The number of aromatic nitrogens is 2. The van der Waals surface area contributed by atoms with Gasteiger partial charge in [-0.2, -0.15) is 0 Å². The van der Waals surface area contributed by atoms with Crippen molar-refractivity contribution in [3.8, 4) is 5.75 Å². The van der Waals surface area contributed by atoms with Crippen LogP contribution in [0.5, 0.6) is 5.75 Å². The van der Waals surface area contributed by atoms with E-state index in [0.717, 1.165) is 12.8 Å². The van der Waals surface area contributed by atoms with Crippen LogP contribution in [0.15, 0.2) is 46.8 Å². The Hall–Kier alpha value is -8.49. The number of phosphoric ester groups is 1. The average molecular weight is 1620 g/mol. The molecule has 1 saturated heterocycles. The number of carbonyl (C=O) groups is 12. The Morgan fingerprint density at radius 3 is 1.74 bits per heavy atom. The van der Waals surface area contributed by atoms with Gasteiger partial charge in [-0.15, -0.1) is 0 Å². The number of aromatic amines is 1. The van der Waals surface area contributed by atoms with Crippen molar-refractivity contribution in [3.63, 3.8) is 0 Å². The van der Waals surface area contributed by atoms with E-state index in [1.807, 2.05) is 13.8 Å². The van der Waals surface area contributed by atoms with Crippen LogP contribution in [0.25, 0.3) is 0 Å². The molecule has 0 radical (unpaired) electrons. The minimum Gasteiger partial charge on any atom is -0.508 e. The first-order valence-electron chi connectivity index (χ1n) is 38.3. The number of phosphoric acid groups is 1. The molecule has 1 aromatic carbocycles. The number of phenolic OH excluding ortho intramolecular Hbond substituents is 1. The van der Waals surface area contributed by atoms with E-state index < -0.39 is 213 Å². The molecule has 14 atom stereocenters. The van der Waals surface area contributed by atoms with Crippen LogP contribution in [0.3, 0.4) is 0 Å².